The van der Waals surface area contributed by atoms with Gasteiger partial charge in [-0.1, -0.05) is 0 Å². The molecule has 2 heterocycles. The van der Waals surface area contributed by atoms with Gasteiger partial charge in [0.15, 0.2) is 12.1 Å². The summed E-state index contributed by atoms with van der Waals surface area (Å²) in [5.74, 6) is 0.0174. The minimum Gasteiger partial charge on any atom is -0.346 e. The molecular formula is C6H6O3. The molecule has 0 N–H and O–H groups in total. The Morgan fingerprint density at radius 3 is 3.33 bits per heavy atom. The molecule has 2 atom stereocenters. The van der Waals surface area contributed by atoms with Crippen LogP contribution in [0.15, 0.2) is 12.2 Å². The monoisotopic (exact) mass is 126 g/mol. The second-order valence-corrected chi connectivity index (χ2v) is 2.09. The van der Waals surface area contributed by atoms with E-state index in [2.05, 4.69) is 0 Å². The summed E-state index contributed by atoms with van der Waals surface area (Å²) in [6, 6.07) is 0. The zero-order chi connectivity index (χ0) is 6.27. The average Bonchev–Trinajstić information content (AvgIpc) is 2.25. The van der Waals surface area contributed by atoms with E-state index in [0.29, 0.717) is 6.61 Å². The van der Waals surface area contributed by atoms with Crippen molar-refractivity contribution >= 4 is 5.78 Å². The van der Waals surface area contributed by atoms with Crippen molar-refractivity contribution < 1.29 is 14.3 Å². The van der Waals surface area contributed by atoms with E-state index in [0.717, 1.165) is 0 Å². The summed E-state index contributed by atoms with van der Waals surface area (Å²) in [4.78, 5) is 10.8. The Morgan fingerprint density at radius 1 is 1.67 bits per heavy atom. The van der Waals surface area contributed by atoms with Crippen LogP contribution in [0.2, 0.25) is 0 Å². The van der Waals surface area contributed by atoms with Gasteiger partial charge in [0, 0.05) is 0 Å². The SMILES string of the molecule is O=C1C=C[C@@H]2OC[C@@H]1O2. The second kappa shape index (κ2) is 1.65. The molecule has 3 nitrogen and oxygen atoms in total. The minimum atomic E-state index is -0.319. The van der Waals surface area contributed by atoms with Crippen molar-refractivity contribution in [1.29, 1.82) is 0 Å². The van der Waals surface area contributed by atoms with Gasteiger partial charge in [0.05, 0.1) is 6.61 Å². The summed E-state index contributed by atoms with van der Waals surface area (Å²) < 4.78 is 10.1. The topological polar surface area (TPSA) is 35.5 Å². The molecule has 0 saturated carbocycles. The first-order valence-electron chi connectivity index (χ1n) is 2.85. The Labute approximate surface area is 52.3 Å². The molecule has 1 saturated heterocycles. The largest absolute Gasteiger partial charge is 0.346 e. The molecule has 2 bridgehead atoms. The molecule has 0 amide bonds. The predicted molar refractivity (Wildman–Crippen MR) is 28.8 cm³/mol. The third-order valence-electron chi connectivity index (χ3n) is 1.45. The maximum atomic E-state index is 10.8. The first-order valence-corrected chi connectivity index (χ1v) is 2.85. The molecule has 2 aliphatic rings. The van der Waals surface area contributed by atoms with Gasteiger partial charge < -0.3 is 9.47 Å². The minimum absolute atomic E-state index is 0.0174. The summed E-state index contributed by atoms with van der Waals surface area (Å²) in [7, 11) is 0. The average molecular weight is 126 g/mol. The standard InChI is InChI=1S/C6H6O3/c7-4-1-2-6-8-3-5(4)9-6/h1-2,5-6H,3H2/t5-,6+/m0/s1. The fraction of sp³-hybridized carbons (Fsp3) is 0.500. The zero-order valence-corrected chi connectivity index (χ0v) is 4.74. The molecule has 0 aliphatic carbocycles. The summed E-state index contributed by atoms with van der Waals surface area (Å²) in [5.41, 5.74) is 0. The van der Waals surface area contributed by atoms with Crippen LogP contribution in [-0.2, 0) is 14.3 Å². The summed E-state index contributed by atoms with van der Waals surface area (Å²) in [5, 5.41) is 0. The van der Waals surface area contributed by atoms with E-state index < -0.39 is 0 Å². The number of carbonyl (C=O) groups excluding carboxylic acids is 1. The lowest BCUT2D eigenvalue weighted by Gasteiger charge is -2.08. The smallest absolute Gasteiger partial charge is 0.186 e. The molecular weight excluding hydrogens is 120 g/mol. The summed E-state index contributed by atoms with van der Waals surface area (Å²) in [6.45, 7) is 0.413. The first-order chi connectivity index (χ1) is 4.36. The van der Waals surface area contributed by atoms with Crippen molar-refractivity contribution in [2.45, 2.75) is 12.4 Å². The van der Waals surface area contributed by atoms with E-state index in [1.54, 1.807) is 6.08 Å². The van der Waals surface area contributed by atoms with Gasteiger partial charge in [-0.3, -0.25) is 4.79 Å². The van der Waals surface area contributed by atoms with Crippen molar-refractivity contribution in [3.63, 3.8) is 0 Å². The Bertz CT molecular complexity index is 173. The molecule has 2 aliphatic heterocycles. The van der Waals surface area contributed by atoms with E-state index in [-0.39, 0.29) is 18.2 Å². The molecule has 0 spiro atoms. The molecule has 1 fully saturated rings. The van der Waals surface area contributed by atoms with Crippen molar-refractivity contribution in [2.75, 3.05) is 6.61 Å². The lowest BCUT2D eigenvalue weighted by Crippen LogP contribution is -2.24. The van der Waals surface area contributed by atoms with Crippen LogP contribution >= 0.6 is 0 Å². The number of hydrogen-bond donors (Lipinski definition) is 0. The lowest BCUT2D eigenvalue weighted by atomic mass is 10.2. The molecule has 0 radical (unpaired) electrons. The van der Waals surface area contributed by atoms with Crippen LogP contribution in [0.5, 0.6) is 0 Å². The van der Waals surface area contributed by atoms with Gasteiger partial charge in [-0.05, 0) is 12.2 Å². The van der Waals surface area contributed by atoms with E-state index in [1.165, 1.54) is 6.08 Å². The number of fused-ring (bicyclic) bond motifs is 2. The van der Waals surface area contributed by atoms with Crippen LogP contribution in [-0.4, -0.2) is 24.8 Å². The van der Waals surface area contributed by atoms with Crippen LogP contribution in [0, 0.1) is 0 Å². The van der Waals surface area contributed by atoms with Crippen molar-refractivity contribution in [3.8, 4) is 0 Å². The Kier molecular flexibility index (Phi) is 0.944. The van der Waals surface area contributed by atoms with Crippen LogP contribution in [0.25, 0.3) is 0 Å². The molecule has 9 heavy (non-hydrogen) atoms. The number of hydrogen-bond acceptors (Lipinski definition) is 3. The van der Waals surface area contributed by atoms with Crippen LogP contribution in [0.3, 0.4) is 0 Å². The van der Waals surface area contributed by atoms with Gasteiger partial charge >= 0.3 is 0 Å². The summed E-state index contributed by atoms with van der Waals surface area (Å²) in [6.07, 6.45) is 2.57. The maximum absolute atomic E-state index is 10.8. The van der Waals surface area contributed by atoms with Gasteiger partial charge in [-0.25, -0.2) is 0 Å². The van der Waals surface area contributed by atoms with Crippen LogP contribution in [0.1, 0.15) is 0 Å². The van der Waals surface area contributed by atoms with Gasteiger partial charge in [-0.2, -0.15) is 0 Å². The van der Waals surface area contributed by atoms with Crippen molar-refractivity contribution in [1.82, 2.24) is 0 Å². The Hall–Kier alpha value is -0.670. The van der Waals surface area contributed by atoms with E-state index in [1.807, 2.05) is 0 Å². The molecule has 0 aromatic carbocycles. The van der Waals surface area contributed by atoms with E-state index in [9.17, 15) is 4.79 Å². The highest BCUT2D eigenvalue weighted by Gasteiger charge is 2.32. The molecule has 0 aromatic heterocycles. The lowest BCUT2D eigenvalue weighted by molar-refractivity contribution is -0.126. The fourth-order valence-corrected chi connectivity index (χ4v) is 0.954. The second-order valence-electron chi connectivity index (χ2n) is 2.09. The van der Waals surface area contributed by atoms with Crippen molar-refractivity contribution in [3.05, 3.63) is 12.2 Å². The molecule has 2 rings (SSSR count). The number of ether oxygens (including phenoxy) is 2. The van der Waals surface area contributed by atoms with Crippen molar-refractivity contribution in [2.24, 2.45) is 0 Å². The van der Waals surface area contributed by atoms with Gasteiger partial charge in [0.1, 0.15) is 6.10 Å². The van der Waals surface area contributed by atoms with Crippen LogP contribution < -0.4 is 0 Å². The Morgan fingerprint density at radius 2 is 2.56 bits per heavy atom. The quantitative estimate of drug-likeness (QED) is 0.453. The molecule has 48 valence electrons. The van der Waals surface area contributed by atoms with E-state index in [4.69, 9.17) is 9.47 Å². The third-order valence-corrected chi connectivity index (χ3v) is 1.45. The number of carbonyl (C=O) groups is 1. The van der Waals surface area contributed by atoms with Gasteiger partial charge in [-0.15, -0.1) is 0 Å². The van der Waals surface area contributed by atoms with E-state index >= 15 is 0 Å². The maximum Gasteiger partial charge on any atom is 0.186 e. The predicted octanol–water partition coefficient (Wildman–Crippen LogP) is -0.133. The molecule has 3 heteroatoms. The fourth-order valence-electron chi connectivity index (χ4n) is 0.954. The van der Waals surface area contributed by atoms with Gasteiger partial charge in [0.2, 0.25) is 0 Å². The highest BCUT2D eigenvalue weighted by atomic mass is 16.7. The Balaban J connectivity index is 2.29. The van der Waals surface area contributed by atoms with Gasteiger partial charge in [0.25, 0.3) is 0 Å². The summed E-state index contributed by atoms with van der Waals surface area (Å²) >= 11 is 0. The van der Waals surface area contributed by atoms with Crippen LogP contribution in [0.4, 0.5) is 0 Å². The number of rotatable bonds is 0. The zero-order valence-electron chi connectivity index (χ0n) is 4.74. The highest BCUT2D eigenvalue weighted by molar-refractivity contribution is 5.94. The number of ketones is 1. The highest BCUT2D eigenvalue weighted by Crippen LogP contribution is 2.17. The molecule has 0 aromatic rings. The molecule has 0 unspecified atom stereocenters. The normalized spacial score (nSPS) is 39.8. The third kappa shape index (κ3) is 0.693. The first kappa shape index (κ1) is 5.14.